The number of nitrogens with one attached hydrogen (secondary N) is 1. The monoisotopic (exact) mass is 434 g/mol. The number of fused-ring (bicyclic) bond motifs is 3. The maximum Gasteiger partial charge on any atom is 0.215 e. The zero-order chi connectivity index (χ0) is 20.9. The third-order valence-corrected chi connectivity index (χ3v) is 8.87. The summed E-state index contributed by atoms with van der Waals surface area (Å²) in [7, 11) is -3.43. The largest absolute Gasteiger partial charge is 0.346 e. The standard InChI is InChI=1S/C21H27FN4O3S/c22-7-1-9-30(28,29)26-16-4-5-17(26)11-14(10-16)19-12-20(25(13-27)15-2-3-15)24-21-18(19)6-8-23-21/h6,8,12-17H,1-5,7,9-11H2,(H,23,24). The summed E-state index contributed by atoms with van der Waals surface area (Å²) in [4.78, 5) is 21.2. The van der Waals surface area contributed by atoms with Gasteiger partial charge in [-0.2, -0.15) is 4.31 Å². The van der Waals surface area contributed by atoms with E-state index in [2.05, 4.69) is 9.97 Å². The molecule has 2 bridgehead atoms. The van der Waals surface area contributed by atoms with E-state index in [1.807, 2.05) is 18.3 Å². The third-order valence-electron chi connectivity index (χ3n) is 6.83. The zero-order valence-electron chi connectivity index (χ0n) is 16.8. The van der Waals surface area contributed by atoms with Gasteiger partial charge >= 0.3 is 0 Å². The van der Waals surface area contributed by atoms with Crippen LogP contribution in [-0.4, -0.2) is 59.7 Å². The van der Waals surface area contributed by atoms with Gasteiger partial charge in [0.25, 0.3) is 0 Å². The second-order valence-corrected chi connectivity index (χ2v) is 10.8. The van der Waals surface area contributed by atoms with E-state index >= 15 is 0 Å². The Kier molecular flexibility index (Phi) is 5.05. The van der Waals surface area contributed by atoms with Gasteiger partial charge in [-0.1, -0.05) is 0 Å². The van der Waals surface area contributed by atoms with Crippen LogP contribution >= 0.6 is 0 Å². The highest BCUT2D eigenvalue weighted by Gasteiger charge is 2.47. The molecule has 162 valence electrons. The Morgan fingerprint density at radius 3 is 2.60 bits per heavy atom. The minimum Gasteiger partial charge on any atom is -0.346 e. The van der Waals surface area contributed by atoms with Gasteiger partial charge in [0.05, 0.1) is 12.4 Å². The van der Waals surface area contributed by atoms with Gasteiger partial charge < -0.3 is 4.98 Å². The molecule has 3 aliphatic rings. The number of anilines is 1. The number of nitrogens with zero attached hydrogens (tertiary/aromatic N) is 3. The van der Waals surface area contributed by atoms with Crippen LogP contribution in [0, 0.1) is 0 Å². The summed E-state index contributed by atoms with van der Waals surface area (Å²) in [6.45, 7) is -0.607. The Morgan fingerprint density at radius 1 is 1.23 bits per heavy atom. The van der Waals surface area contributed by atoms with E-state index in [0.717, 1.165) is 61.5 Å². The van der Waals surface area contributed by atoms with Crippen molar-refractivity contribution in [3.05, 3.63) is 23.9 Å². The van der Waals surface area contributed by atoms with Gasteiger partial charge in [0, 0.05) is 29.7 Å². The smallest absolute Gasteiger partial charge is 0.215 e. The number of sulfonamides is 1. The van der Waals surface area contributed by atoms with E-state index < -0.39 is 16.7 Å². The summed E-state index contributed by atoms with van der Waals surface area (Å²) in [5, 5.41) is 1.04. The van der Waals surface area contributed by atoms with Crippen LogP contribution in [0.15, 0.2) is 18.3 Å². The van der Waals surface area contributed by atoms with Crippen molar-refractivity contribution in [2.75, 3.05) is 17.3 Å². The Hall–Kier alpha value is -2.00. The Bertz CT molecular complexity index is 1040. The number of rotatable bonds is 8. The molecule has 30 heavy (non-hydrogen) atoms. The number of amides is 1. The number of hydrogen-bond acceptors (Lipinski definition) is 4. The topological polar surface area (TPSA) is 86.4 Å². The highest BCUT2D eigenvalue weighted by atomic mass is 32.2. The van der Waals surface area contributed by atoms with Gasteiger partial charge in [-0.15, -0.1) is 0 Å². The number of pyridine rings is 1. The maximum atomic E-state index is 12.8. The molecule has 1 amide bonds. The van der Waals surface area contributed by atoms with E-state index in [1.54, 1.807) is 9.21 Å². The van der Waals surface area contributed by atoms with Crippen LogP contribution < -0.4 is 4.90 Å². The summed E-state index contributed by atoms with van der Waals surface area (Å²) in [5.41, 5.74) is 1.90. The lowest BCUT2D eigenvalue weighted by Gasteiger charge is -2.38. The van der Waals surface area contributed by atoms with E-state index in [-0.39, 0.29) is 36.2 Å². The minimum absolute atomic E-state index is 0.0328. The molecule has 5 rings (SSSR count). The first kappa shape index (κ1) is 19.9. The Labute approximate surface area is 175 Å². The summed E-state index contributed by atoms with van der Waals surface area (Å²) in [6, 6.07) is 4.20. The predicted molar refractivity (Wildman–Crippen MR) is 113 cm³/mol. The number of aromatic nitrogens is 2. The molecule has 0 aromatic carbocycles. The van der Waals surface area contributed by atoms with Crippen molar-refractivity contribution in [2.24, 2.45) is 0 Å². The molecule has 4 heterocycles. The van der Waals surface area contributed by atoms with Crippen LogP contribution in [0.3, 0.4) is 0 Å². The van der Waals surface area contributed by atoms with Crippen LogP contribution in [0.2, 0.25) is 0 Å². The predicted octanol–water partition coefficient (Wildman–Crippen LogP) is 3.09. The van der Waals surface area contributed by atoms with Crippen molar-refractivity contribution >= 4 is 33.3 Å². The van der Waals surface area contributed by atoms with Crippen LogP contribution in [0.1, 0.15) is 56.4 Å². The molecule has 2 aromatic rings. The second-order valence-electron chi connectivity index (χ2n) is 8.80. The van der Waals surface area contributed by atoms with E-state index in [0.29, 0.717) is 5.82 Å². The van der Waals surface area contributed by atoms with Crippen molar-refractivity contribution in [3.63, 3.8) is 0 Å². The summed E-state index contributed by atoms with van der Waals surface area (Å²) < 4.78 is 39.8. The van der Waals surface area contributed by atoms with Crippen LogP contribution in [0.5, 0.6) is 0 Å². The van der Waals surface area contributed by atoms with Gasteiger partial charge in [0.1, 0.15) is 11.5 Å². The van der Waals surface area contributed by atoms with Gasteiger partial charge in [-0.3, -0.25) is 14.1 Å². The SMILES string of the molecule is O=CN(c1cc(C2CC3CCC(C2)N3S(=O)(=O)CCCF)c2cc[nH]c2n1)C1CC1. The molecule has 2 aliphatic heterocycles. The quantitative estimate of drug-likeness (QED) is 0.647. The normalized spacial score (nSPS) is 26.9. The fourth-order valence-electron chi connectivity index (χ4n) is 5.38. The van der Waals surface area contributed by atoms with E-state index in [9.17, 15) is 17.6 Å². The average Bonchev–Trinajstić information content (AvgIpc) is 3.37. The fraction of sp³-hybridized carbons (Fsp3) is 0.619. The molecule has 1 N–H and O–H groups in total. The molecule has 2 atom stereocenters. The number of aromatic amines is 1. The molecule has 3 fully saturated rings. The number of halogens is 1. The Morgan fingerprint density at radius 2 is 1.97 bits per heavy atom. The lowest BCUT2D eigenvalue weighted by molar-refractivity contribution is -0.107. The Balaban J connectivity index is 1.46. The van der Waals surface area contributed by atoms with Gasteiger partial charge in [-0.25, -0.2) is 13.4 Å². The first-order valence-electron chi connectivity index (χ1n) is 10.8. The molecule has 2 unspecified atom stereocenters. The number of alkyl halides is 1. The molecule has 2 saturated heterocycles. The van der Waals surface area contributed by atoms with Crippen molar-refractivity contribution in [1.82, 2.24) is 14.3 Å². The molecular formula is C21H27FN4O3S. The molecule has 9 heteroatoms. The van der Waals surface area contributed by atoms with Gasteiger partial charge in [-0.05, 0) is 68.6 Å². The van der Waals surface area contributed by atoms with Gasteiger partial charge in [0.15, 0.2) is 0 Å². The van der Waals surface area contributed by atoms with Crippen molar-refractivity contribution < 1.29 is 17.6 Å². The molecule has 7 nitrogen and oxygen atoms in total. The number of piperidine rings is 1. The third kappa shape index (κ3) is 3.41. The minimum atomic E-state index is -3.43. The van der Waals surface area contributed by atoms with Crippen molar-refractivity contribution in [2.45, 2.75) is 69.0 Å². The number of carbonyl (C=O) groups is 1. The summed E-state index contributed by atoms with van der Waals surface area (Å²) in [6.07, 6.45) is 7.98. The molecule has 2 aromatic heterocycles. The van der Waals surface area contributed by atoms with Crippen molar-refractivity contribution in [3.8, 4) is 0 Å². The fourth-order valence-corrected chi connectivity index (χ4v) is 7.36. The second kappa shape index (κ2) is 7.60. The van der Waals surface area contributed by atoms with Crippen LogP contribution in [0.4, 0.5) is 10.2 Å². The zero-order valence-corrected chi connectivity index (χ0v) is 17.7. The molecule has 1 saturated carbocycles. The highest BCUT2D eigenvalue weighted by Crippen LogP contribution is 2.46. The van der Waals surface area contributed by atoms with E-state index in [1.165, 1.54) is 0 Å². The first-order valence-corrected chi connectivity index (χ1v) is 12.4. The maximum absolute atomic E-state index is 12.8. The molecule has 0 radical (unpaired) electrons. The van der Waals surface area contributed by atoms with Gasteiger partial charge in [0.2, 0.25) is 16.4 Å². The lowest BCUT2D eigenvalue weighted by atomic mass is 9.85. The number of carbonyl (C=O) groups excluding carboxylic acids is 1. The molecule has 0 spiro atoms. The van der Waals surface area contributed by atoms with Crippen LogP contribution in [0.25, 0.3) is 11.0 Å². The number of hydrogen-bond donors (Lipinski definition) is 1. The highest BCUT2D eigenvalue weighted by molar-refractivity contribution is 7.89. The first-order chi connectivity index (χ1) is 14.5. The summed E-state index contributed by atoms with van der Waals surface area (Å²) >= 11 is 0. The molecule has 1 aliphatic carbocycles. The number of H-pyrrole nitrogens is 1. The van der Waals surface area contributed by atoms with Crippen molar-refractivity contribution in [1.29, 1.82) is 0 Å². The molecular weight excluding hydrogens is 407 g/mol. The lowest BCUT2D eigenvalue weighted by Crippen LogP contribution is -2.47. The van der Waals surface area contributed by atoms with E-state index in [4.69, 9.17) is 0 Å². The van der Waals surface area contributed by atoms with Crippen LogP contribution in [-0.2, 0) is 14.8 Å². The average molecular weight is 435 g/mol. The summed E-state index contributed by atoms with van der Waals surface area (Å²) in [5.74, 6) is 0.767.